The highest BCUT2D eigenvalue weighted by Gasteiger charge is 2.37. The second-order valence-electron chi connectivity index (χ2n) is 9.85. The molecule has 1 saturated heterocycles. The molecule has 36 heavy (non-hydrogen) atoms. The molecule has 0 unspecified atom stereocenters. The van der Waals surface area contributed by atoms with E-state index in [0.717, 1.165) is 17.4 Å². The first kappa shape index (κ1) is 27.6. The molecule has 1 heterocycles. The lowest BCUT2D eigenvalue weighted by molar-refractivity contribution is -0.151. The summed E-state index contributed by atoms with van der Waals surface area (Å²) in [6.45, 7) is 8.40. The first-order chi connectivity index (χ1) is 16.9. The zero-order valence-corrected chi connectivity index (χ0v) is 22.3. The lowest BCUT2D eigenvalue weighted by Crippen LogP contribution is -2.56. The van der Waals surface area contributed by atoms with Crippen molar-refractivity contribution in [1.29, 1.82) is 0 Å². The maximum atomic E-state index is 13.3. The van der Waals surface area contributed by atoms with Crippen molar-refractivity contribution in [1.82, 2.24) is 14.9 Å². The quantitative estimate of drug-likeness (QED) is 0.519. The second-order valence-corrected chi connectivity index (χ2v) is 11.4. The number of hydrogen-bond donors (Lipinski definition) is 0. The molecule has 0 spiro atoms. The van der Waals surface area contributed by atoms with Gasteiger partial charge in [-0.1, -0.05) is 60.7 Å². The van der Waals surface area contributed by atoms with Gasteiger partial charge in [0.15, 0.2) is 0 Å². The van der Waals surface area contributed by atoms with Gasteiger partial charge in [0.05, 0.1) is 12.3 Å². The summed E-state index contributed by atoms with van der Waals surface area (Å²) in [6, 6.07) is 19.2. The molecule has 0 bridgehead atoms. The van der Waals surface area contributed by atoms with Gasteiger partial charge >= 0.3 is 6.09 Å². The minimum Gasteiger partial charge on any atom is -0.442 e. The first-order valence-electron chi connectivity index (χ1n) is 11.9. The van der Waals surface area contributed by atoms with E-state index >= 15 is 0 Å². The molecule has 0 radical (unpaired) electrons. The summed E-state index contributed by atoms with van der Waals surface area (Å²) in [5.74, 6) is -0.417. The maximum absolute atomic E-state index is 13.3. The summed E-state index contributed by atoms with van der Waals surface area (Å²) in [6.07, 6.45) is -0.228. The average molecular weight is 518 g/mol. The van der Waals surface area contributed by atoms with E-state index in [1.54, 1.807) is 25.7 Å². The zero-order chi connectivity index (χ0) is 26.5. The number of hydroxylamine groups is 2. The second kappa shape index (κ2) is 11.4. The molecule has 10 heteroatoms. The summed E-state index contributed by atoms with van der Waals surface area (Å²) in [5.41, 5.74) is 1.43. The largest absolute Gasteiger partial charge is 0.442 e. The Kier molecular flexibility index (Phi) is 8.76. The van der Waals surface area contributed by atoms with Gasteiger partial charge in [0, 0.05) is 26.2 Å². The Morgan fingerprint density at radius 3 is 1.78 bits per heavy atom. The van der Waals surface area contributed by atoms with Crippen LogP contribution in [0.2, 0.25) is 0 Å². The normalized spacial score (nSPS) is 16.0. The Labute approximate surface area is 213 Å². The smallest absolute Gasteiger partial charge is 0.436 e. The zero-order valence-electron chi connectivity index (χ0n) is 21.5. The van der Waals surface area contributed by atoms with Crippen LogP contribution in [0.5, 0.6) is 0 Å². The van der Waals surface area contributed by atoms with E-state index in [4.69, 9.17) is 9.02 Å². The van der Waals surface area contributed by atoms with Crippen molar-refractivity contribution in [2.75, 3.05) is 32.4 Å². The van der Waals surface area contributed by atoms with E-state index in [9.17, 15) is 18.0 Å². The summed E-state index contributed by atoms with van der Waals surface area (Å²) in [4.78, 5) is 29.9. The molecule has 2 aromatic carbocycles. The third kappa shape index (κ3) is 7.52. The van der Waals surface area contributed by atoms with Gasteiger partial charge in [-0.05, 0) is 38.8 Å². The fourth-order valence-electron chi connectivity index (χ4n) is 4.16. The van der Waals surface area contributed by atoms with Crippen LogP contribution in [0, 0.1) is 0 Å². The van der Waals surface area contributed by atoms with Gasteiger partial charge in [-0.15, -0.1) is 4.28 Å². The molecule has 1 fully saturated rings. The third-order valence-corrected chi connectivity index (χ3v) is 6.15. The molecule has 0 aliphatic carbocycles. The van der Waals surface area contributed by atoms with Crippen molar-refractivity contribution in [2.45, 2.75) is 45.4 Å². The van der Waals surface area contributed by atoms with Crippen LogP contribution in [0.1, 0.15) is 44.9 Å². The number of hydrogen-bond acceptors (Lipinski definition) is 7. The summed E-state index contributed by atoms with van der Waals surface area (Å²) in [5, 5.41) is 0.506. The Balaban J connectivity index is 1.74. The fourth-order valence-corrected chi connectivity index (χ4v) is 4.64. The molecule has 2 amide bonds. The van der Waals surface area contributed by atoms with Crippen molar-refractivity contribution in [3.63, 3.8) is 0 Å². The van der Waals surface area contributed by atoms with Crippen molar-refractivity contribution in [3.05, 3.63) is 71.8 Å². The lowest BCUT2D eigenvalue weighted by Gasteiger charge is -2.41. The van der Waals surface area contributed by atoms with Gasteiger partial charge in [0.1, 0.15) is 11.6 Å². The Hall–Kier alpha value is -2.95. The fraction of sp³-hybridized carbons (Fsp3) is 0.462. The van der Waals surface area contributed by atoms with Crippen molar-refractivity contribution in [3.8, 4) is 0 Å². The van der Waals surface area contributed by atoms with E-state index in [-0.39, 0.29) is 6.04 Å². The maximum Gasteiger partial charge on any atom is 0.436 e. The van der Waals surface area contributed by atoms with Crippen LogP contribution in [0.4, 0.5) is 4.79 Å². The van der Waals surface area contributed by atoms with E-state index < -0.39 is 33.8 Å². The van der Waals surface area contributed by atoms with Crippen LogP contribution >= 0.6 is 0 Å². The molecule has 9 nitrogen and oxygen atoms in total. The van der Waals surface area contributed by atoms with E-state index in [2.05, 4.69) is 29.2 Å². The Morgan fingerprint density at radius 2 is 1.36 bits per heavy atom. The third-order valence-electron chi connectivity index (χ3n) is 5.72. The molecule has 1 aliphatic heterocycles. The topological polar surface area (TPSA) is 96.5 Å². The summed E-state index contributed by atoms with van der Waals surface area (Å²) < 4.78 is 33.7. The van der Waals surface area contributed by atoms with Crippen LogP contribution in [-0.4, -0.2) is 79.4 Å². The van der Waals surface area contributed by atoms with Gasteiger partial charge in [0.25, 0.3) is 10.1 Å². The molecule has 0 aromatic heterocycles. The summed E-state index contributed by atoms with van der Waals surface area (Å²) in [7, 11) is -4.07. The first-order valence-corrected chi connectivity index (χ1v) is 13.7. The van der Waals surface area contributed by atoms with Gasteiger partial charge in [0.2, 0.25) is 5.91 Å². The number of carbonyl (C=O) groups is 2. The van der Waals surface area contributed by atoms with Crippen LogP contribution in [0.15, 0.2) is 60.7 Å². The van der Waals surface area contributed by atoms with Crippen LogP contribution in [-0.2, 0) is 23.9 Å². The van der Waals surface area contributed by atoms with Crippen molar-refractivity contribution in [2.24, 2.45) is 0 Å². The lowest BCUT2D eigenvalue weighted by atomic mass is 9.96. The minimum absolute atomic E-state index is 0.0360. The van der Waals surface area contributed by atoms with Gasteiger partial charge in [-0.25, -0.2) is 4.79 Å². The van der Waals surface area contributed by atoms with Crippen LogP contribution < -0.4 is 0 Å². The molecule has 0 saturated carbocycles. The van der Waals surface area contributed by atoms with E-state index in [1.807, 2.05) is 36.4 Å². The van der Waals surface area contributed by atoms with Crippen LogP contribution in [0.3, 0.4) is 0 Å². The molecule has 3 rings (SSSR count). The van der Waals surface area contributed by atoms with E-state index in [1.165, 1.54) is 6.92 Å². The van der Waals surface area contributed by atoms with Crippen molar-refractivity contribution < 1.29 is 27.0 Å². The highest BCUT2D eigenvalue weighted by atomic mass is 32.2. The summed E-state index contributed by atoms with van der Waals surface area (Å²) >= 11 is 0. The molecule has 196 valence electrons. The average Bonchev–Trinajstić information content (AvgIpc) is 2.82. The highest BCUT2D eigenvalue weighted by molar-refractivity contribution is 7.85. The Morgan fingerprint density at radius 1 is 0.889 bits per heavy atom. The Bertz CT molecular complexity index is 1090. The van der Waals surface area contributed by atoms with Gasteiger partial charge < -0.3 is 9.64 Å². The monoisotopic (exact) mass is 517 g/mol. The standard InChI is InChI=1S/C26H35N3O6S/c1-20(29(35-36(5,32)33)25(31)34-26(2,3)4)24(30)28-18-16-27(17-19-28)23(21-12-8-6-9-13-21)22-14-10-7-11-15-22/h6-15,20,23H,16-19H2,1-5H3/t20-/m0/s1. The molecule has 1 atom stereocenters. The van der Waals surface area contributed by atoms with Gasteiger partial charge in [-0.2, -0.15) is 13.5 Å². The molecule has 1 aliphatic rings. The number of rotatable bonds is 7. The number of nitrogens with zero attached hydrogens (tertiary/aromatic N) is 3. The molecule has 2 aromatic rings. The number of piperazine rings is 1. The van der Waals surface area contributed by atoms with Gasteiger partial charge in [-0.3, -0.25) is 9.69 Å². The number of benzene rings is 2. The number of ether oxygens (including phenoxy) is 1. The predicted molar refractivity (Wildman–Crippen MR) is 136 cm³/mol. The number of carbonyl (C=O) groups excluding carboxylic acids is 2. The molecule has 0 N–H and O–H groups in total. The molecular formula is C26H35N3O6S. The molecular weight excluding hydrogens is 482 g/mol. The van der Waals surface area contributed by atoms with Crippen molar-refractivity contribution >= 4 is 22.1 Å². The van der Waals surface area contributed by atoms with E-state index in [0.29, 0.717) is 31.2 Å². The SMILES string of the molecule is C[C@@H](C(=O)N1CCN(C(c2ccccc2)c2ccccc2)CC1)N(OS(C)(=O)=O)C(=O)OC(C)(C)C. The predicted octanol–water partition coefficient (Wildman–Crippen LogP) is 3.44. The number of amides is 2. The van der Waals surface area contributed by atoms with Crippen LogP contribution in [0.25, 0.3) is 0 Å². The highest BCUT2D eigenvalue weighted by Crippen LogP contribution is 2.29. The minimum atomic E-state index is -4.07.